The van der Waals surface area contributed by atoms with E-state index < -0.39 is 11.4 Å². The first-order chi connectivity index (χ1) is 14.5. The minimum Gasteiger partial charge on any atom is -0.494 e. The van der Waals surface area contributed by atoms with E-state index >= 15 is 0 Å². The molecule has 1 fully saturated rings. The lowest BCUT2D eigenvalue weighted by molar-refractivity contribution is 0.0695. The number of benzene rings is 1. The van der Waals surface area contributed by atoms with Crippen molar-refractivity contribution >= 4 is 28.2 Å². The van der Waals surface area contributed by atoms with Crippen molar-refractivity contribution in [2.75, 3.05) is 13.7 Å². The van der Waals surface area contributed by atoms with Gasteiger partial charge in [-0.3, -0.25) is 4.79 Å². The summed E-state index contributed by atoms with van der Waals surface area (Å²) in [4.78, 5) is 26.9. The van der Waals surface area contributed by atoms with Crippen molar-refractivity contribution in [1.82, 2.24) is 4.57 Å². The molecule has 2 aromatic heterocycles. The highest BCUT2D eigenvalue weighted by Crippen LogP contribution is 2.45. The van der Waals surface area contributed by atoms with Gasteiger partial charge in [-0.1, -0.05) is 0 Å². The SMILES string of the molecule is COc1c(-c2cc3c(s2)CCC(CO)C3)ccc2c(=O)c(C(=O)O)cn(C3CC3)c12. The van der Waals surface area contributed by atoms with E-state index in [1.165, 1.54) is 16.6 Å². The monoisotopic (exact) mass is 425 g/mol. The lowest BCUT2D eigenvalue weighted by Crippen LogP contribution is -2.19. The molecular weight excluding hydrogens is 402 g/mol. The molecule has 1 aromatic carbocycles. The van der Waals surface area contributed by atoms with Crippen LogP contribution < -0.4 is 10.2 Å². The number of carboxylic acids is 1. The van der Waals surface area contributed by atoms with Gasteiger partial charge in [-0.05, 0) is 61.8 Å². The Hall–Kier alpha value is -2.64. The standard InChI is InChI=1S/C23H23NO5S/c1-29-22-15(19-9-13-8-12(11-25)2-7-18(13)30-19)5-6-16-20(22)24(14-3-4-14)10-17(21(16)26)23(27)28/h5-6,9-10,12,14,25H,2-4,7-8,11H2,1H3,(H,27,28). The zero-order valence-corrected chi connectivity index (χ0v) is 17.5. The molecular formula is C23H23NO5S. The second kappa shape index (κ2) is 7.25. The highest BCUT2D eigenvalue weighted by atomic mass is 32.1. The highest BCUT2D eigenvalue weighted by Gasteiger charge is 2.30. The third kappa shape index (κ3) is 3.04. The summed E-state index contributed by atoms with van der Waals surface area (Å²) in [5.41, 5.74) is 2.19. The van der Waals surface area contributed by atoms with Gasteiger partial charge in [-0.2, -0.15) is 0 Å². The van der Waals surface area contributed by atoms with Gasteiger partial charge in [0.15, 0.2) is 5.75 Å². The molecule has 2 N–H and O–H groups in total. The zero-order valence-electron chi connectivity index (χ0n) is 16.7. The molecule has 0 amide bonds. The predicted molar refractivity (Wildman–Crippen MR) is 116 cm³/mol. The van der Waals surface area contributed by atoms with Crippen LogP contribution in [-0.4, -0.2) is 34.5 Å². The normalized spacial score (nSPS) is 18.4. The molecule has 2 aliphatic rings. The van der Waals surface area contributed by atoms with Crippen LogP contribution >= 0.6 is 11.3 Å². The number of hydrogen-bond acceptors (Lipinski definition) is 5. The van der Waals surface area contributed by atoms with E-state index in [4.69, 9.17) is 4.74 Å². The number of aryl methyl sites for hydroxylation is 1. The molecule has 156 valence electrons. The number of hydrogen-bond donors (Lipinski definition) is 2. The summed E-state index contributed by atoms with van der Waals surface area (Å²) in [6.07, 6.45) is 6.24. The molecule has 0 bridgehead atoms. The second-order valence-corrected chi connectivity index (χ2v) is 9.35. The molecule has 2 heterocycles. The van der Waals surface area contributed by atoms with Crippen molar-refractivity contribution in [1.29, 1.82) is 0 Å². The zero-order chi connectivity index (χ0) is 21.0. The first-order valence-electron chi connectivity index (χ1n) is 10.2. The fourth-order valence-electron chi connectivity index (χ4n) is 4.50. The quantitative estimate of drug-likeness (QED) is 0.648. The van der Waals surface area contributed by atoms with Crippen LogP contribution in [0.3, 0.4) is 0 Å². The van der Waals surface area contributed by atoms with Gasteiger partial charge in [0.25, 0.3) is 0 Å². The highest BCUT2D eigenvalue weighted by molar-refractivity contribution is 7.15. The number of thiophene rings is 1. The van der Waals surface area contributed by atoms with Crippen LogP contribution in [0.1, 0.15) is 46.1 Å². The Morgan fingerprint density at radius 3 is 2.77 bits per heavy atom. The topological polar surface area (TPSA) is 88.8 Å². The number of rotatable bonds is 5. The largest absolute Gasteiger partial charge is 0.494 e. The van der Waals surface area contributed by atoms with E-state index in [-0.39, 0.29) is 18.2 Å². The molecule has 0 aliphatic heterocycles. The van der Waals surface area contributed by atoms with Crippen LogP contribution in [0.5, 0.6) is 5.75 Å². The maximum atomic E-state index is 12.8. The maximum Gasteiger partial charge on any atom is 0.341 e. The van der Waals surface area contributed by atoms with Crippen LogP contribution in [-0.2, 0) is 12.8 Å². The average molecular weight is 426 g/mol. The van der Waals surface area contributed by atoms with Gasteiger partial charge < -0.3 is 19.5 Å². The summed E-state index contributed by atoms with van der Waals surface area (Å²) < 4.78 is 7.74. The van der Waals surface area contributed by atoms with E-state index in [1.807, 2.05) is 10.6 Å². The van der Waals surface area contributed by atoms with Gasteiger partial charge in [-0.15, -0.1) is 11.3 Å². The van der Waals surface area contributed by atoms with Crippen LogP contribution in [0.4, 0.5) is 0 Å². The van der Waals surface area contributed by atoms with Gasteiger partial charge >= 0.3 is 5.97 Å². The number of nitrogens with zero attached hydrogens (tertiary/aromatic N) is 1. The van der Waals surface area contributed by atoms with Crippen LogP contribution in [0.2, 0.25) is 0 Å². The maximum absolute atomic E-state index is 12.8. The Balaban J connectivity index is 1.73. The summed E-state index contributed by atoms with van der Waals surface area (Å²) >= 11 is 1.74. The molecule has 30 heavy (non-hydrogen) atoms. The first kappa shape index (κ1) is 19.3. The summed E-state index contributed by atoms with van der Waals surface area (Å²) in [5.74, 6) is -0.276. The van der Waals surface area contributed by atoms with Crippen LogP contribution in [0.25, 0.3) is 21.3 Å². The van der Waals surface area contributed by atoms with Crippen LogP contribution in [0.15, 0.2) is 29.2 Å². The number of ether oxygens (including phenoxy) is 1. The molecule has 7 heteroatoms. The van der Waals surface area contributed by atoms with Gasteiger partial charge in [0, 0.05) is 34.2 Å². The second-order valence-electron chi connectivity index (χ2n) is 8.21. The predicted octanol–water partition coefficient (Wildman–Crippen LogP) is 3.87. The molecule has 0 saturated heterocycles. The summed E-state index contributed by atoms with van der Waals surface area (Å²) in [5, 5.41) is 19.4. The fourth-order valence-corrected chi connectivity index (χ4v) is 5.73. The smallest absolute Gasteiger partial charge is 0.341 e. The number of carboxylic acid groups (broad SMARTS) is 1. The molecule has 0 radical (unpaired) electrons. The number of aromatic carboxylic acids is 1. The number of fused-ring (bicyclic) bond motifs is 2. The molecule has 1 saturated carbocycles. The Bertz CT molecular complexity index is 1220. The van der Waals surface area contributed by atoms with Crippen molar-refractivity contribution in [2.24, 2.45) is 5.92 Å². The number of carbonyl (C=O) groups is 1. The number of aliphatic hydroxyl groups excluding tert-OH is 1. The molecule has 1 unspecified atom stereocenters. The molecule has 2 aliphatic carbocycles. The number of aliphatic hydroxyl groups is 1. The molecule has 0 spiro atoms. The van der Waals surface area contributed by atoms with Crippen molar-refractivity contribution < 1.29 is 19.7 Å². The Morgan fingerprint density at radius 1 is 1.30 bits per heavy atom. The minimum atomic E-state index is -1.20. The number of aromatic nitrogens is 1. The van der Waals surface area contributed by atoms with Crippen molar-refractivity contribution in [3.8, 4) is 16.2 Å². The van der Waals surface area contributed by atoms with Gasteiger partial charge in [0.1, 0.15) is 5.56 Å². The average Bonchev–Trinajstić information content (AvgIpc) is 3.50. The number of methoxy groups -OCH3 is 1. The summed E-state index contributed by atoms with van der Waals surface area (Å²) in [7, 11) is 1.60. The molecule has 5 rings (SSSR count). The summed E-state index contributed by atoms with van der Waals surface area (Å²) in [6, 6.07) is 5.97. The number of pyridine rings is 1. The van der Waals surface area contributed by atoms with Gasteiger partial charge in [0.05, 0.1) is 18.0 Å². The van der Waals surface area contributed by atoms with Crippen LogP contribution in [0, 0.1) is 5.92 Å². The summed E-state index contributed by atoms with van der Waals surface area (Å²) in [6.45, 7) is 0.212. The van der Waals surface area contributed by atoms with E-state index in [0.29, 0.717) is 22.6 Å². The van der Waals surface area contributed by atoms with Crippen molar-refractivity contribution in [3.63, 3.8) is 0 Å². The third-order valence-electron chi connectivity index (χ3n) is 6.23. The van der Waals surface area contributed by atoms with E-state index in [9.17, 15) is 19.8 Å². The fraction of sp³-hybridized carbons (Fsp3) is 0.391. The van der Waals surface area contributed by atoms with Crippen molar-refractivity contribution in [2.45, 2.75) is 38.1 Å². The van der Waals surface area contributed by atoms with Gasteiger partial charge in [-0.25, -0.2) is 4.79 Å². The lowest BCUT2D eigenvalue weighted by Gasteiger charge is -2.19. The molecule has 3 aromatic rings. The Labute approximate surface area is 177 Å². The van der Waals surface area contributed by atoms with Crippen molar-refractivity contribution in [3.05, 3.63) is 50.6 Å². The van der Waals surface area contributed by atoms with E-state index in [0.717, 1.165) is 42.5 Å². The minimum absolute atomic E-state index is 0.192. The molecule has 1 atom stereocenters. The Morgan fingerprint density at radius 2 is 2.10 bits per heavy atom. The Kier molecular flexibility index (Phi) is 4.67. The lowest BCUT2D eigenvalue weighted by atomic mass is 9.89. The van der Waals surface area contributed by atoms with Gasteiger partial charge in [0.2, 0.25) is 5.43 Å². The molecule has 6 nitrogen and oxygen atoms in total. The van der Waals surface area contributed by atoms with E-state index in [1.54, 1.807) is 24.5 Å². The third-order valence-corrected chi connectivity index (χ3v) is 7.50. The van der Waals surface area contributed by atoms with E-state index in [2.05, 4.69) is 6.07 Å². The first-order valence-corrected chi connectivity index (χ1v) is 11.1.